The number of nitro benzene ring substituents is 2. The van der Waals surface area contributed by atoms with Crippen LogP contribution in [0.4, 0.5) is 28.4 Å². The van der Waals surface area contributed by atoms with Crippen LogP contribution in [-0.4, -0.2) is 15.8 Å². The average Bonchev–Trinajstić information content (AvgIpc) is 2.56. The number of nitrogens with one attached hydrogen (secondary N) is 2. The van der Waals surface area contributed by atoms with Crippen molar-refractivity contribution < 1.29 is 14.6 Å². The number of amides is 1. The summed E-state index contributed by atoms with van der Waals surface area (Å²) in [6, 6.07) is 9.96. The SMILES string of the molecule is CC(C)C(=O)Nc1ccc(Nc2ccc([N+](=O)[O-])cc2[N+](=O)[O-])cc1. The Morgan fingerprint density at radius 2 is 1.56 bits per heavy atom. The molecular formula is C16H16N4O5. The molecule has 0 saturated carbocycles. The van der Waals surface area contributed by atoms with Crippen LogP contribution >= 0.6 is 0 Å². The summed E-state index contributed by atoms with van der Waals surface area (Å²) in [6.07, 6.45) is 0. The van der Waals surface area contributed by atoms with Crippen molar-refractivity contribution in [2.75, 3.05) is 10.6 Å². The molecule has 0 aromatic heterocycles. The fourth-order valence-corrected chi connectivity index (χ4v) is 1.97. The Hall–Kier alpha value is -3.49. The zero-order valence-corrected chi connectivity index (χ0v) is 13.6. The predicted octanol–water partition coefficient (Wildman–Crippen LogP) is 3.84. The number of hydrogen-bond donors (Lipinski definition) is 2. The largest absolute Gasteiger partial charge is 0.350 e. The average molecular weight is 344 g/mol. The molecule has 0 saturated heterocycles. The molecule has 0 fully saturated rings. The van der Waals surface area contributed by atoms with Gasteiger partial charge in [-0.1, -0.05) is 13.8 Å². The van der Waals surface area contributed by atoms with Gasteiger partial charge in [0.25, 0.3) is 11.4 Å². The second-order valence-corrected chi connectivity index (χ2v) is 5.56. The number of benzene rings is 2. The van der Waals surface area contributed by atoms with Gasteiger partial charge >= 0.3 is 0 Å². The standard InChI is InChI=1S/C16H16N4O5/c1-10(2)16(21)18-12-5-3-11(4-6-12)17-14-8-7-13(19(22)23)9-15(14)20(24)25/h3-10,17H,1-2H3,(H,18,21). The van der Waals surface area contributed by atoms with E-state index >= 15 is 0 Å². The Bertz CT molecular complexity index is 818. The van der Waals surface area contributed by atoms with Gasteiger partial charge in [-0.3, -0.25) is 25.0 Å². The third-order valence-corrected chi connectivity index (χ3v) is 3.34. The van der Waals surface area contributed by atoms with Gasteiger partial charge in [-0.05, 0) is 30.3 Å². The van der Waals surface area contributed by atoms with Gasteiger partial charge in [-0.15, -0.1) is 0 Å². The summed E-state index contributed by atoms with van der Waals surface area (Å²) in [5.41, 5.74) is 0.520. The molecule has 2 aromatic carbocycles. The molecule has 0 aliphatic carbocycles. The molecule has 0 spiro atoms. The minimum atomic E-state index is -0.691. The van der Waals surface area contributed by atoms with Crippen molar-refractivity contribution >= 4 is 34.3 Å². The monoisotopic (exact) mass is 344 g/mol. The van der Waals surface area contributed by atoms with Gasteiger partial charge < -0.3 is 10.6 Å². The highest BCUT2D eigenvalue weighted by Crippen LogP contribution is 2.31. The van der Waals surface area contributed by atoms with Crippen molar-refractivity contribution in [2.24, 2.45) is 5.92 Å². The number of non-ortho nitro benzene ring substituents is 1. The van der Waals surface area contributed by atoms with Crippen LogP contribution in [0.2, 0.25) is 0 Å². The van der Waals surface area contributed by atoms with Crippen LogP contribution in [0.3, 0.4) is 0 Å². The van der Waals surface area contributed by atoms with Crippen molar-refractivity contribution in [1.29, 1.82) is 0 Å². The summed E-state index contributed by atoms with van der Waals surface area (Å²) in [5, 5.41) is 27.4. The molecule has 130 valence electrons. The van der Waals surface area contributed by atoms with E-state index in [1.54, 1.807) is 38.1 Å². The molecule has 25 heavy (non-hydrogen) atoms. The number of nitro groups is 2. The zero-order chi connectivity index (χ0) is 18.6. The number of nitrogens with zero attached hydrogens (tertiary/aromatic N) is 2. The van der Waals surface area contributed by atoms with Crippen LogP contribution < -0.4 is 10.6 Å². The zero-order valence-electron chi connectivity index (χ0n) is 13.6. The lowest BCUT2D eigenvalue weighted by Gasteiger charge is -2.10. The van der Waals surface area contributed by atoms with Gasteiger partial charge in [-0.2, -0.15) is 0 Å². The number of anilines is 3. The van der Waals surface area contributed by atoms with Crippen LogP contribution in [0.25, 0.3) is 0 Å². The Labute approximate surface area is 143 Å². The lowest BCUT2D eigenvalue weighted by atomic mass is 10.2. The van der Waals surface area contributed by atoms with Crippen molar-refractivity contribution in [1.82, 2.24) is 0 Å². The van der Waals surface area contributed by atoms with E-state index < -0.39 is 15.5 Å². The number of rotatable bonds is 6. The minimum absolute atomic E-state index is 0.119. The molecule has 2 N–H and O–H groups in total. The third-order valence-electron chi connectivity index (χ3n) is 3.34. The Balaban J connectivity index is 2.20. The maximum Gasteiger partial charge on any atom is 0.299 e. The number of carbonyl (C=O) groups excluding carboxylic acids is 1. The lowest BCUT2D eigenvalue weighted by molar-refractivity contribution is -0.393. The van der Waals surface area contributed by atoms with Gasteiger partial charge in [0.05, 0.1) is 15.9 Å². The van der Waals surface area contributed by atoms with Crippen LogP contribution in [0.5, 0.6) is 0 Å². The molecule has 0 aliphatic rings. The maximum absolute atomic E-state index is 11.6. The van der Waals surface area contributed by atoms with E-state index in [-0.39, 0.29) is 23.2 Å². The normalized spacial score (nSPS) is 10.4. The fourth-order valence-electron chi connectivity index (χ4n) is 1.97. The number of hydrogen-bond acceptors (Lipinski definition) is 6. The lowest BCUT2D eigenvalue weighted by Crippen LogP contribution is -2.17. The van der Waals surface area contributed by atoms with E-state index in [1.165, 1.54) is 12.1 Å². The van der Waals surface area contributed by atoms with Crippen molar-refractivity contribution in [3.8, 4) is 0 Å². The maximum atomic E-state index is 11.6. The quantitative estimate of drug-likeness (QED) is 0.605. The second-order valence-electron chi connectivity index (χ2n) is 5.56. The molecule has 9 nitrogen and oxygen atoms in total. The van der Waals surface area contributed by atoms with Crippen LogP contribution in [0, 0.1) is 26.1 Å². The van der Waals surface area contributed by atoms with Gasteiger partial charge in [0.2, 0.25) is 5.91 Å². The Morgan fingerprint density at radius 1 is 0.960 bits per heavy atom. The van der Waals surface area contributed by atoms with Crippen molar-refractivity contribution in [3.63, 3.8) is 0 Å². The molecule has 0 heterocycles. The smallest absolute Gasteiger partial charge is 0.299 e. The molecule has 2 aromatic rings. The van der Waals surface area contributed by atoms with E-state index in [2.05, 4.69) is 10.6 Å². The van der Waals surface area contributed by atoms with Crippen LogP contribution in [0.15, 0.2) is 42.5 Å². The third kappa shape index (κ3) is 4.50. The van der Waals surface area contributed by atoms with E-state index in [4.69, 9.17) is 0 Å². The molecule has 0 aliphatic heterocycles. The molecule has 2 rings (SSSR count). The first-order chi connectivity index (χ1) is 11.8. The summed E-state index contributed by atoms with van der Waals surface area (Å²) in [6.45, 7) is 3.55. The van der Waals surface area contributed by atoms with Crippen LogP contribution in [-0.2, 0) is 4.79 Å². The molecule has 0 bridgehead atoms. The molecule has 9 heteroatoms. The first kappa shape index (κ1) is 17.9. The van der Waals surface area contributed by atoms with Crippen molar-refractivity contribution in [3.05, 3.63) is 62.7 Å². The van der Waals surface area contributed by atoms with Gasteiger partial charge in [0.1, 0.15) is 5.69 Å². The second kappa shape index (κ2) is 7.39. The highest BCUT2D eigenvalue weighted by atomic mass is 16.6. The first-order valence-electron chi connectivity index (χ1n) is 7.38. The predicted molar refractivity (Wildman–Crippen MR) is 92.9 cm³/mol. The minimum Gasteiger partial charge on any atom is -0.350 e. The summed E-state index contributed by atoms with van der Waals surface area (Å²) in [5.74, 6) is -0.271. The summed E-state index contributed by atoms with van der Waals surface area (Å²) < 4.78 is 0. The topological polar surface area (TPSA) is 127 Å². The molecule has 0 unspecified atom stereocenters. The first-order valence-corrected chi connectivity index (χ1v) is 7.38. The summed E-state index contributed by atoms with van der Waals surface area (Å²) >= 11 is 0. The highest BCUT2D eigenvalue weighted by molar-refractivity contribution is 5.92. The molecule has 0 radical (unpaired) electrons. The van der Waals surface area contributed by atoms with Gasteiger partial charge in [0.15, 0.2) is 0 Å². The molecule has 1 amide bonds. The van der Waals surface area contributed by atoms with Gasteiger partial charge in [-0.25, -0.2) is 0 Å². The molecule has 0 atom stereocenters. The van der Waals surface area contributed by atoms with E-state index in [9.17, 15) is 25.0 Å². The number of carbonyl (C=O) groups is 1. The van der Waals surface area contributed by atoms with Gasteiger partial charge in [0, 0.05) is 23.4 Å². The Morgan fingerprint density at radius 3 is 2.08 bits per heavy atom. The van der Waals surface area contributed by atoms with E-state index in [1.807, 2.05) is 0 Å². The van der Waals surface area contributed by atoms with E-state index in [0.29, 0.717) is 11.4 Å². The summed E-state index contributed by atoms with van der Waals surface area (Å²) in [7, 11) is 0. The summed E-state index contributed by atoms with van der Waals surface area (Å²) in [4.78, 5) is 32.1. The van der Waals surface area contributed by atoms with Crippen molar-refractivity contribution in [2.45, 2.75) is 13.8 Å². The highest BCUT2D eigenvalue weighted by Gasteiger charge is 2.19. The molecular weight excluding hydrogens is 328 g/mol. The Kier molecular flexibility index (Phi) is 5.28. The van der Waals surface area contributed by atoms with E-state index in [0.717, 1.165) is 6.07 Å². The fraction of sp³-hybridized carbons (Fsp3) is 0.188. The van der Waals surface area contributed by atoms with Crippen LogP contribution in [0.1, 0.15) is 13.8 Å².